The lowest BCUT2D eigenvalue weighted by molar-refractivity contribution is -0.139. The van der Waals surface area contributed by atoms with Crippen LogP contribution in [0.2, 0.25) is 0 Å². The molecule has 1 aliphatic rings. The van der Waals surface area contributed by atoms with Gasteiger partial charge in [0.05, 0.1) is 31.0 Å². The molecule has 2 amide bonds. The van der Waals surface area contributed by atoms with Gasteiger partial charge in [0.2, 0.25) is 5.91 Å². The van der Waals surface area contributed by atoms with Gasteiger partial charge >= 0.3 is 0 Å². The van der Waals surface area contributed by atoms with Crippen molar-refractivity contribution in [3.05, 3.63) is 42.2 Å². The van der Waals surface area contributed by atoms with Crippen LogP contribution in [0.3, 0.4) is 0 Å². The standard InChI is InChI=1S/C18H23FN6O2/c19-13-11-24(12-13)18(27)15(20)8-4-5-9-21-17(26)16-10-22-25(23-16)14-6-2-1-3-7-14/h1-3,6-7,10,13,15H,4-5,8-9,11-12,20H2,(H,21,26)/t15-/m0/s1. The summed E-state index contributed by atoms with van der Waals surface area (Å²) < 4.78 is 12.8. The van der Waals surface area contributed by atoms with Crippen LogP contribution in [-0.2, 0) is 4.79 Å². The number of halogens is 1. The number of alkyl halides is 1. The lowest BCUT2D eigenvalue weighted by Crippen LogP contribution is -2.56. The molecule has 0 unspecified atom stereocenters. The first-order chi connectivity index (χ1) is 13.0. The Morgan fingerprint density at radius 1 is 1.26 bits per heavy atom. The number of hydrogen-bond acceptors (Lipinski definition) is 5. The molecule has 0 saturated carbocycles. The van der Waals surface area contributed by atoms with E-state index in [0.29, 0.717) is 25.8 Å². The molecule has 0 aliphatic carbocycles. The molecule has 1 atom stereocenters. The quantitative estimate of drug-likeness (QED) is 0.661. The van der Waals surface area contributed by atoms with Crippen LogP contribution in [0.5, 0.6) is 0 Å². The minimum Gasteiger partial charge on any atom is -0.351 e. The van der Waals surface area contributed by atoms with Gasteiger partial charge in [-0.15, -0.1) is 5.10 Å². The fourth-order valence-corrected chi connectivity index (χ4v) is 2.80. The van der Waals surface area contributed by atoms with Crippen LogP contribution in [0.4, 0.5) is 4.39 Å². The molecule has 0 spiro atoms. The molecule has 3 N–H and O–H groups in total. The minimum absolute atomic E-state index is 0.145. The van der Waals surface area contributed by atoms with Crippen LogP contribution in [0.1, 0.15) is 29.8 Å². The monoisotopic (exact) mass is 374 g/mol. The van der Waals surface area contributed by atoms with Gasteiger partial charge in [-0.1, -0.05) is 18.2 Å². The van der Waals surface area contributed by atoms with E-state index in [1.807, 2.05) is 30.3 Å². The molecule has 1 fully saturated rings. The van der Waals surface area contributed by atoms with Crippen LogP contribution in [0.15, 0.2) is 36.5 Å². The van der Waals surface area contributed by atoms with Crippen molar-refractivity contribution in [1.29, 1.82) is 0 Å². The first-order valence-corrected chi connectivity index (χ1v) is 8.99. The van der Waals surface area contributed by atoms with E-state index >= 15 is 0 Å². The van der Waals surface area contributed by atoms with E-state index in [1.165, 1.54) is 15.9 Å². The summed E-state index contributed by atoms with van der Waals surface area (Å²) in [6.07, 6.45) is 2.38. The van der Waals surface area contributed by atoms with Crippen molar-refractivity contribution in [2.45, 2.75) is 31.5 Å². The molecule has 9 heteroatoms. The number of hydrogen-bond donors (Lipinski definition) is 2. The molecule has 144 valence electrons. The first-order valence-electron chi connectivity index (χ1n) is 8.99. The zero-order chi connectivity index (χ0) is 19.2. The highest BCUT2D eigenvalue weighted by atomic mass is 19.1. The third-order valence-corrected chi connectivity index (χ3v) is 4.40. The number of benzene rings is 1. The van der Waals surface area contributed by atoms with Gasteiger partial charge in [0.1, 0.15) is 6.17 Å². The van der Waals surface area contributed by atoms with E-state index in [1.54, 1.807) is 0 Å². The van der Waals surface area contributed by atoms with Crippen LogP contribution in [-0.4, -0.2) is 63.6 Å². The maximum absolute atomic E-state index is 12.8. The van der Waals surface area contributed by atoms with E-state index in [-0.39, 0.29) is 30.6 Å². The molecule has 1 saturated heterocycles. The first kappa shape index (κ1) is 19.0. The maximum atomic E-state index is 12.8. The van der Waals surface area contributed by atoms with Gasteiger partial charge in [0, 0.05) is 6.54 Å². The second kappa shape index (κ2) is 8.72. The van der Waals surface area contributed by atoms with Crippen LogP contribution in [0.25, 0.3) is 5.69 Å². The number of nitrogens with one attached hydrogen (secondary N) is 1. The molecule has 8 nitrogen and oxygen atoms in total. The summed E-state index contributed by atoms with van der Waals surface area (Å²) >= 11 is 0. The van der Waals surface area contributed by atoms with Crippen LogP contribution in [0, 0.1) is 0 Å². The number of para-hydroxylation sites is 1. The van der Waals surface area contributed by atoms with E-state index < -0.39 is 12.2 Å². The molecule has 2 heterocycles. The molecule has 27 heavy (non-hydrogen) atoms. The average molecular weight is 374 g/mol. The average Bonchev–Trinajstić information content (AvgIpc) is 3.15. The van der Waals surface area contributed by atoms with Gasteiger partial charge in [-0.25, -0.2) is 4.39 Å². The normalized spacial score (nSPS) is 15.3. The molecule has 1 aromatic carbocycles. The zero-order valence-electron chi connectivity index (χ0n) is 14.9. The fourth-order valence-electron chi connectivity index (χ4n) is 2.80. The van der Waals surface area contributed by atoms with Crippen molar-refractivity contribution in [2.24, 2.45) is 5.73 Å². The Bertz CT molecular complexity index is 775. The van der Waals surface area contributed by atoms with E-state index in [2.05, 4.69) is 15.5 Å². The lowest BCUT2D eigenvalue weighted by atomic mass is 10.1. The number of unbranched alkanes of at least 4 members (excludes halogenated alkanes) is 1. The molecular weight excluding hydrogens is 351 g/mol. The molecule has 3 rings (SSSR count). The third-order valence-electron chi connectivity index (χ3n) is 4.40. The van der Waals surface area contributed by atoms with E-state index in [4.69, 9.17) is 5.73 Å². The highest BCUT2D eigenvalue weighted by Gasteiger charge is 2.32. The zero-order valence-corrected chi connectivity index (χ0v) is 14.9. The summed E-state index contributed by atoms with van der Waals surface area (Å²) in [5, 5.41) is 11.0. The smallest absolute Gasteiger partial charge is 0.273 e. The Hall–Kier alpha value is -2.81. The molecular formula is C18H23FN6O2. The van der Waals surface area contributed by atoms with Crippen LogP contribution >= 0.6 is 0 Å². The number of amides is 2. The Balaban J connectivity index is 1.35. The largest absolute Gasteiger partial charge is 0.351 e. The predicted octanol–water partition coefficient (Wildman–Crippen LogP) is 0.675. The van der Waals surface area contributed by atoms with Crippen molar-refractivity contribution in [3.8, 4) is 5.69 Å². The Kier molecular flexibility index (Phi) is 6.12. The Labute approximate surface area is 156 Å². The number of rotatable bonds is 8. The second-order valence-corrected chi connectivity index (χ2v) is 6.55. The molecule has 1 aromatic heterocycles. The second-order valence-electron chi connectivity index (χ2n) is 6.55. The van der Waals surface area contributed by atoms with E-state index in [0.717, 1.165) is 5.69 Å². The van der Waals surface area contributed by atoms with Crippen molar-refractivity contribution in [1.82, 2.24) is 25.2 Å². The number of carbonyl (C=O) groups is 2. The highest BCUT2D eigenvalue weighted by molar-refractivity contribution is 5.91. The molecule has 0 radical (unpaired) electrons. The van der Waals surface area contributed by atoms with Crippen molar-refractivity contribution in [3.63, 3.8) is 0 Å². The summed E-state index contributed by atoms with van der Waals surface area (Å²) in [6.45, 7) is 0.743. The number of nitrogens with two attached hydrogens (primary N) is 1. The summed E-state index contributed by atoms with van der Waals surface area (Å²) in [5.74, 6) is -0.502. The number of aromatic nitrogens is 3. The number of likely N-dealkylation sites (tertiary alicyclic amines) is 1. The van der Waals surface area contributed by atoms with E-state index in [9.17, 15) is 14.0 Å². The number of carbonyl (C=O) groups excluding carboxylic acids is 2. The summed E-state index contributed by atoms with van der Waals surface area (Å²) in [6, 6.07) is 8.71. The maximum Gasteiger partial charge on any atom is 0.273 e. The van der Waals surface area contributed by atoms with Gasteiger partial charge in [-0.2, -0.15) is 9.90 Å². The minimum atomic E-state index is -0.920. The summed E-state index contributed by atoms with van der Waals surface area (Å²) in [4.78, 5) is 26.8. The van der Waals surface area contributed by atoms with Gasteiger partial charge in [-0.05, 0) is 31.4 Å². The topological polar surface area (TPSA) is 106 Å². The molecule has 0 bridgehead atoms. The third kappa shape index (κ3) is 4.88. The van der Waals surface area contributed by atoms with Gasteiger partial charge in [0.25, 0.3) is 5.91 Å². The summed E-state index contributed by atoms with van der Waals surface area (Å²) in [5.41, 5.74) is 6.86. The SMILES string of the molecule is N[C@@H](CCCCNC(=O)c1cnn(-c2ccccc2)n1)C(=O)N1CC(F)C1. The van der Waals surface area contributed by atoms with Crippen molar-refractivity contribution in [2.75, 3.05) is 19.6 Å². The lowest BCUT2D eigenvalue weighted by Gasteiger charge is -2.36. The van der Waals surface area contributed by atoms with Crippen molar-refractivity contribution >= 4 is 11.8 Å². The summed E-state index contributed by atoms with van der Waals surface area (Å²) in [7, 11) is 0. The van der Waals surface area contributed by atoms with Crippen LogP contribution < -0.4 is 11.1 Å². The Morgan fingerprint density at radius 2 is 2.00 bits per heavy atom. The fraction of sp³-hybridized carbons (Fsp3) is 0.444. The molecule has 2 aromatic rings. The predicted molar refractivity (Wildman–Crippen MR) is 97.0 cm³/mol. The number of nitrogens with zero attached hydrogens (tertiary/aromatic N) is 4. The van der Waals surface area contributed by atoms with Gasteiger partial charge in [-0.3, -0.25) is 9.59 Å². The van der Waals surface area contributed by atoms with Gasteiger partial charge in [0.15, 0.2) is 5.69 Å². The molecule has 1 aliphatic heterocycles. The van der Waals surface area contributed by atoms with Gasteiger partial charge < -0.3 is 16.0 Å². The van der Waals surface area contributed by atoms with Crippen molar-refractivity contribution < 1.29 is 14.0 Å². The highest BCUT2D eigenvalue weighted by Crippen LogP contribution is 2.13. The Morgan fingerprint density at radius 3 is 2.70 bits per heavy atom.